The van der Waals surface area contributed by atoms with Crippen molar-refractivity contribution >= 4 is 8.58 Å². The van der Waals surface area contributed by atoms with Crippen LogP contribution in [0.2, 0.25) is 0 Å². The van der Waals surface area contributed by atoms with Gasteiger partial charge in [-0.15, -0.1) is 0 Å². The zero-order valence-corrected chi connectivity index (χ0v) is 7.89. The molecule has 10 heavy (non-hydrogen) atoms. The summed E-state index contributed by atoms with van der Waals surface area (Å²) in [5.41, 5.74) is 0.168. The minimum Gasteiger partial charge on any atom is -0.392 e. The van der Waals surface area contributed by atoms with E-state index in [1.807, 2.05) is 0 Å². The van der Waals surface area contributed by atoms with Crippen molar-refractivity contribution in [2.24, 2.45) is 5.41 Å². The lowest BCUT2D eigenvalue weighted by atomic mass is 9.93. The molecule has 62 valence electrons. The highest BCUT2D eigenvalue weighted by atomic mass is 31.1. The van der Waals surface area contributed by atoms with Crippen LogP contribution in [0.25, 0.3) is 0 Å². The maximum Gasteiger partial charge on any atom is 0.0729 e. The van der Waals surface area contributed by atoms with Crippen LogP contribution < -0.4 is 0 Å². The molecule has 0 aromatic carbocycles. The van der Waals surface area contributed by atoms with Gasteiger partial charge >= 0.3 is 0 Å². The van der Waals surface area contributed by atoms with Crippen LogP contribution in [0.15, 0.2) is 0 Å². The maximum atomic E-state index is 9.24. The molecule has 0 aliphatic heterocycles. The molecule has 0 bridgehead atoms. The second kappa shape index (κ2) is 4.27. The van der Waals surface area contributed by atoms with Crippen LogP contribution in [0.3, 0.4) is 0 Å². The highest BCUT2D eigenvalue weighted by Crippen LogP contribution is 2.28. The third-order valence-corrected chi connectivity index (χ3v) is 1.99. The molecule has 0 radical (unpaired) electrons. The molecule has 2 nitrogen and oxygen atoms in total. The minimum atomic E-state index is -0.315. The Morgan fingerprint density at radius 1 is 1.40 bits per heavy atom. The highest BCUT2D eigenvalue weighted by molar-refractivity contribution is 7.38. The second-order valence-corrected chi connectivity index (χ2v) is 5.03. The maximum absolute atomic E-state index is 9.24. The number of aliphatic hydroxyl groups is 2. The van der Waals surface area contributed by atoms with E-state index in [2.05, 4.69) is 20.8 Å². The summed E-state index contributed by atoms with van der Waals surface area (Å²) in [4.78, 5) is 0. The van der Waals surface area contributed by atoms with Crippen LogP contribution in [0.1, 0.15) is 27.2 Å². The van der Waals surface area contributed by atoms with Crippen LogP contribution in [0, 0.1) is 5.41 Å². The summed E-state index contributed by atoms with van der Waals surface area (Å²) in [5.74, 6) is -0.315. The van der Waals surface area contributed by atoms with Crippen LogP contribution >= 0.6 is 8.58 Å². The summed E-state index contributed by atoms with van der Waals surface area (Å²) in [7, 11) is 0.273. The van der Waals surface area contributed by atoms with Gasteiger partial charge in [-0.05, 0) is 11.8 Å². The first-order valence-electron chi connectivity index (χ1n) is 3.48. The molecule has 0 fully saturated rings. The summed E-state index contributed by atoms with van der Waals surface area (Å²) < 4.78 is 0. The zero-order chi connectivity index (χ0) is 8.20. The van der Waals surface area contributed by atoms with E-state index in [0.717, 1.165) is 6.42 Å². The van der Waals surface area contributed by atoms with Gasteiger partial charge in [0.1, 0.15) is 0 Å². The van der Waals surface area contributed by atoms with Crippen molar-refractivity contribution in [2.45, 2.75) is 33.0 Å². The lowest BCUT2D eigenvalue weighted by Crippen LogP contribution is -2.13. The molecule has 0 saturated heterocycles. The van der Waals surface area contributed by atoms with Crippen molar-refractivity contribution in [1.82, 2.24) is 0 Å². The molecule has 0 heterocycles. The topological polar surface area (TPSA) is 40.5 Å². The summed E-state index contributed by atoms with van der Waals surface area (Å²) in [6, 6.07) is 0. The van der Waals surface area contributed by atoms with Crippen molar-refractivity contribution in [2.75, 3.05) is 6.35 Å². The van der Waals surface area contributed by atoms with Gasteiger partial charge in [-0.3, -0.25) is 0 Å². The standard InChI is InChI=1S/C7H17O2P/c1-7(2,3)4-6(9)10-5-8/h6,8-10H,4-5H2,1-3H3. The second-order valence-electron chi connectivity index (χ2n) is 3.64. The van der Waals surface area contributed by atoms with Crippen LogP contribution in [-0.2, 0) is 0 Å². The Kier molecular flexibility index (Phi) is 4.42. The molecule has 0 aromatic heterocycles. The van der Waals surface area contributed by atoms with E-state index >= 15 is 0 Å². The first kappa shape index (κ1) is 10.3. The van der Waals surface area contributed by atoms with E-state index in [1.165, 1.54) is 0 Å². The normalized spacial score (nSPS) is 16.5. The third kappa shape index (κ3) is 6.47. The van der Waals surface area contributed by atoms with E-state index < -0.39 is 0 Å². The largest absolute Gasteiger partial charge is 0.392 e. The van der Waals surface area contributed by atoms with Crippen molar-refractivity contribution < 1.29 is 10.2 Å². The molecule has 2 N–H and O–H groups in total. The van der Waals surface area contributed by atoms with Gasteiger partial charge in [-0.2, -0.15) is 0 Å². The molecule has 3 heteroatoms. The quantitative estimate of drug-likeness (QED) is 0.618. The van der Waals surface area contributed by atoms with Gasteiger partial charge in [0.15, 0.2) is 0 Å². The Morgan fingerprint density at radius 3 is 2.20 bits per heavy atom. The van der Waals surface area contributed by atoms with Gasteiger partial charge in [-0.25, -0.2) is 0 Å². The molecule has 0 rings (SSSR count). The Bertz CT molecular complexity index is 88.1. The van der Waals surface area contributed by atoms with Crippen molar-refractivity contribution in [3.63, 3.8) is 0 Å². The zero-order valence-electron chi connectivity index (χ0n) is 6.89. The molecule has 2 atom stereocenters. The molecular weight excluding hydrogens is 147 g/mol. The average Bonchev–Trinajstić information content (AvgIpc) is 1.59. The third-order valence-electron chi connectivity index (χ3n) is 1.13. The molecular formula is C7H17O2P. The molecule has 0 aliphatic carbocycles. The number of rotatable bonds is 3. The summed E-state index contributed by atoms with van der Waals surface area (Å²) in [6.07, 6.45) is 0.878. The van der Waals surface area contributed by atoms with Crippen LogP contribution in [0.5, 0.6) is 0 Å². The Hall–Kier alpha value is 0.350. The highest BCUT2D eigenvalue weighted by Gasteiger charge is 2.15. The number of aliphatic hydroxyl groups excluding tert-OH is 2. The fourth-order valence-corrected chi connectivity index (χ4v) is 1.73. The summed E-state index contributed by atoms with van der Waals surface area (Å²) >= 11 is 0. The van der Waals surface area contributed by atoms with E-state index in [9.17, 15) is 5.11 Å². The molecule has 0 amide bonds. The fraction of sp³-hybridized carbons (Fsp3) is 1.00. The van der Waals surface area contributed by atoms with Gasteiger partial charge in [0.25, 0.3) is 0 Å². The van der Waals surface area contributed by atoms with Gasteiger partial charge in [-0.1, -0.05) is 29.4 Å². The van der Waals surface area contributed by atoms with E-state index in [-0.39, 0.29) is 26.2 Å². The minimum absolute atomic E-state index is 0.108. The van der Waals surface area contributed by atoms with Gasteiger partial charge in [0.05, 0.1) is 12.2 Å². The Morgan fingerprint density at radius 2 is 1.90 bits per heavy atom. The van der Waals surface area contributed by atoms with E-state index in [4.69, 9.17) is 5.11 Å². The summed E-state index contributed by atoms with van der Waals surface area (Å²) in [6.45, 7) is 6.24. The predicted octanol–water partition coefficient (Wildman–Crippen LogP) is 1.37. The lowest BCUT2D eigenvalue weighted by molar-refractivity contribution is 0.190. The lowest BCUT2D eigenvalue weighted by Gasteiger charge is -2.21. The Labute approximate surface area is 64.4 Å². The van der Waals surface area contributed by atoms with Crippen molar-refractivity contribution in [3.05, 3.63) is 0 Å². The van der Waals surface area contributed by atoms with E-state index in [0.29, 0.717) is 0 Å². The fourth-order valence-electron chi connectivity index (χ4n) is 0.758. The van der Waals surface area contributed by atoms with Gasteiger partial charge < -0.3 is 10.2 Å². The molecule has 0 aliphatic rings. The monoisotopic (exact) mass is 164 g/mol. The molecule has 0 aromatic rings. The predicted molar refractivity (Wildman–Crippen MR) is 45.5 cm³/mol. The van der Waals surface area contributed by atoms with Crippen LogP contribution in [-0.4, -0.2) is 22.4 Å². The molecule has 0 saturated carbocycles. The van der Waals surface area contributed by atoms with Crippen molar-refractivity contribution in [1.29, 1.82) is 0 Å². The van der Waals surface area contributed by atoms with E-state index in [1.54, 1.807) is 0 Å². The smallest absolute Gasteiger partial charge is 0.0729 e. The molecule has 0 spiro atoms. The first-order chi connectivity index (χ1) is 4.45. The number of hydrogen-bond donors (Lipinski definition) is 2. The van der Waals surface area contributed by atoms with Gasteiger partial charge in [0.2, 0.25) is 0 Å². The van der Waals surface area contributed by atoms with Gasteiger partial charge in [0, 0.05) is 0 Å². The SMILES string of the molecule is CC(C)(C)CC(O)PCO. The Balaban J connectivity index is 3.47. The number of hydrogen-bond acceptors (Lipinski definition) is 2. The van der Waals surface area contributed by atoms with Crippen molar-refractivity contribution in [3.8, 4) is 0 Å². The molecule has 2 unspecified atom stereocenters. The average molecular weight is 164 g/mol. The first-order valence-corrected chi connectivity index (χ1v) is 4.76. The summed E-state index contributed by atoms with van der Waals surface area (Å²) in [5, 5.41) is 17.7. The van der Waals surface area contributed by atoms with Crippen LogP contribution in [0.4, 0.5) is 0 Å².